The quantitative estimate of drug-likeness (QED) is 0.414. The van der Waals surface area contributed by atoms with E-state index in [0.717, 1.165) is 11.1 Å². The van der Waals surface area contributed by atoms with Crippen molar-refractivity contribution in [3.8, 4) is 0 Å². The molecule has 3 aromatic carbocycles. The van der Waals surface area contributed by atoms with Gasteiger partial charge in [-0.25, -0.2) is 0 Å². The zero-order valence-corrected chi connectivity index (χ0v) is 19.3. The number of anilines is 1. The minimum atomic E-state index is -0.260. The average Bonchev–Trinajstić information content (AvgIpc) is 2.75. The minimum absolute atomic E-state index is 0.0226. The number of amides is 1. The fraction of sp³-hybridized carbons (Fsp3) is 0.185. The van der Waals surface area contributed by atoms with Gasteiger partial charge in [0.25, 0.3) is 5.91 Å². The van der Waals surface area contributed by atoms with Gasteiger partial charge in [-0.1, -0.05) is 87.5 Å². The smallest absolute Gasteiger partial charge is 0.256 e. The van der Waals surface area contributed by atoms with E-state index in [1.165, 1.54) is 0 Å². The zero-order valence-electron chi connectivity index (χ0n) is 18.5. The van der Waals surface area contributed by atoms with Gasteiger partial charge in [0.2, 0.25) is 0 Å². The maximum Gasteiger partial charge on any atom is 0.256 e. The van der Waals surface area contributed by atoms with E-state index in [1.54, 1.807) is 36.4 Å². The van der Waals surface area contributed by atoms with Gasteiger partial charge in [0.15, 0.2) is 5.78 Å². The standard InChI is InChI=1S/C27H27ClN2O2/c1-18(30-26(32)21-11-13-22(14-12-21)27(2,3)4)29-24-15-10-19(16-23(24)28)17-25(31)20-8-6-5-7-9-20/h5-16,29H,1,17H2,2-4H3,(H,30,32). The van der Waals surface area contributed by atoms with Crippen LogP contribution in [0.25, 0.3) is 0 Å². The normalized spacial score (nSPS) is 11.0. The summed E-state index contributed by atoms with van der Waals surface area (Å²) in [5, 5.41) is 6.19. The minimum Gasteiger partial charge on any atom is -0.341 e. The Morgan fingerprint density at radius 2 is 1.56 bits per heavy atom. The van der Waals surface area contributed by atoms with Crippen molar-refractivity contribution in [2.45, 2.75) is 32.6 Å². The molecule has 0 radical (unpaired) electrons. The highest BCUT2D eigenvalue weighted by Gasteiger charge is 2.15. The Labute approximate surface area is 194 Å². The molecule has 1 amide bonds. The second kappa shape index (κ2) is 9.84. The van der Waals surface area contributed by atoms with Crippen molar-refractivity contribution < 1.29 is 9.59 Å². The number of carbonyl (C=O) groups is 2. The SMILES string of the molecule is C=C(NC(=O)c1ccc(C(C)(C)C)cc1)Nc1ccc(CC(=O)c2ccccc2)cc1Cl. The molecular formula is C27H27ClN2O2. The highest BCUT2D eigenvalue weighted by Crippen LogP contribution is 2.25. The van der Waals surface area contributed by atoms with Crippen LogP contribution in [0.2, 0.25) is 5.02 Å². The molecule has 32 heavy (non-hydrogen) atoms. The largest absolute Gasteiger partial charge is 0.341 e. The molecule has 0 heterocycles. The third-order valence-electron chi connectivity index (χ3n) is 5.06. The molecule has 0 bridgehead atoms. The van der Waals surface area contributed by atoms with E-state index in [2.05, 4.69) is 38.0 Å². The van der Waals surface area contributed by atoms with E-state index in [-0.39, 0.29) is 23.5 Å². The van der Waals surface area contributed by atoms with Crippen molar-refractivity contribution >= 4 is 29.0 Å². The Balaban J connectivity index is 1.60. The average molecular weight is 447 g/mol. The van der Waals surface area contributed by atoms with Gasteiger partial charge < -0.3 is 10.6 Å². The van der Waals surface area contributed by atoms with Crippen molar-refractivity contribution in [2.75, 3.05) is 5.32 Å². The lowest BCUT2D eigenvalue weighted by Crippen LogP contribution is -2.26. The summed E-state index contributed by atoms with van der Waals surface area (Å²) < 4.78 is 0. The van der Waals surface area contributed by atoms with Crippen LogP contribution in [0.4, 0.5) is 5.69 Å². The highest BCUT2D eigenvalue weighted by molar-refractivity contribution is 6.33. The molecule has 0 saturated carbocycles. The first-order valence-electron chi connectivity index (χ1n) is 10.4. The van der Waals surface area contributed by atoms with Crippen LogP contribution in [0, 0.1) is 0 Å². The van der Waals surface area contributed by atoms with Crippen LogP contribution in [0.3, 0.4) is 0 Å². The van der Waals surface area contributed by atoms with Gasteiger partial charge in [-0.3, -0.25) is 9.59 Å². The Bertz CT molecular complexity index is 1130. The van der Waals surface area contributed by atoms with Gasteiger partial charge in [-0.15, -0.1) is 0 Å². The van der Waals surface area contributed by atoms with Crippen LogP contribution >= 0.6 is 11.6 Å². The fourth-order valence-electron chi connectivity index (χ4n) is 3.21. The van der Waals surface area contributed by atoms with Gasteiger partial charge >= 0.3 is 0 Å². The molecule has 2 N–H and O–H groups in total. The number of hydrogen-bond acceptors (Lipinski definition) is 3. The summed E-state index contributed by atoms with van der Waals surface area (Å²) in [6.45, 7) is 10.2. The number of nitrogens with one attached hydrogen (secondary N) is 2. The zero-order chi connectivity index (χ0) is 23.3. The molecule has 3 rings (SSSR count). The van der Waals surface area contributed by atoms with Crippen LogP contribution in [-0.4, -0.2) is 11.7 Å². The van der Waals surface area contributed by atoms with Crippen molar-refractivity contribution in [1.82, 2.24) is 5.32 Å². The summed E-state index contributed by atoms with van der Waals surface area (Å²) >= 11 is 6.39. The molecule has 0 fully saturated rings. The Morgan fingerprint density at radius 3 is 2.16 bits per heavy atom. The first-order valence-corrected chi connectivity index (χ1v) is 10.8. The molecular weight excluding hydrogens is 420 g/mol. The van der Waals surface area contributed by atoms with Gasteiger partial charge in [0.05, 0.1) is 10.7 Å². The topological polar surface area (TPSA) is 58.2 Å². The van der Waals surface area contributed by atoms with Crippen LogP contribution in [0.15, 0.2) is 85.2 Å². The van der Waals surface area contributed by atoms with Crippen molar-refractivity contribution in [3.63, 3.8) is 0 Å². The molecule has 0 atom stereocenters. The van der Waals surface area contributed by atoms with E-state index in [1.807, 2.05) is 36.4 Å². The van der Waals surface area contributed by atoms with E-state index < -0.39 is 0 Å². The summed E-state index contributed by atoms with van der Waals surface area (Å²) in [4.78, 5) is 24.9. The van der Waals surface area contributed by atoms with Crippen LogP contribution in [-0.2, 0) is 11.8 Å². The van der Waals surface area contributed by atoms with E-state index in [4.69, 9.17) is 11.6 Å². The number of hydrogen-bond donors (Lipinski definition) is 2. The molecule has 0 aliphatic rings. The van der Waals surface area contributed by atoms with E-state index in [0.29, 0.717) is 27.7 Å². The van der Waals surface area contributed by atoms with Crippen molar-refractivity contribution in [3.05, 3.63) is 112 Å². The molecule has 0 unspecified atom stereocenters. The predicted octanol–water partition coefficient (Wildman–Crippen LogP) is 6.38. The Morgan fingerprint density at radius 1 is 0.906 bits per heavy atom. The lowest BCUT2D eigenvalue weighted by molar-refractivity contribution is 0.0964. The maximum atomic E-state index is 12.5. The van der Waals surface area contributed by atoms with Gasteiger partial charge in [0.1, 0.15) is 5.82 Å². The van der Waals surface area contributed by atoms with Crippen LogP contribution in [0.1, 0.15) is 52.6 Å². The first-order chi connectivity index (χ1) is 15.1. The number of carbonyl (C=O) groups excluding carboxylic acids is 2. The van der Waals surface area contributed by atoms with E-state index >= 15 is 0 Å². The lowest BCUT2D eigenvalue weighted by atomic mass is 9.87. The van der Waals surface area contributed by atoms with Gasteiger partial charge in [-0.05, 0) is 40.8 Å². The molecule has 0 aliphatic carbocycles. The van der Waals surface area contributed by atoms with Crippen molar-refractivity contribution in [2.24, 2.45) is 0 Å². The third-order valence-corrected chi connectivity index (χ3v) is 5.37. The molecule has 3 aromatic rings. The summed E-state index contributed by atoms with van der Waals surface area (Å²) in [5.74, 6) is 0.0746. The third kappa shape index (κ3) is 6.08. The maximum absolute atomic E-state index is 12.5. The molecule has 164 valence electrons. The molecule has 4 nitrogen and oxygen atoms in total. The van der Waals surface area contributed by atoms with E-state index in [9.17, 15) is 9.59 Å². The van der Waals surface area contributed by atoms with Crippen LogP contribution < -0.4 is 10.6 Å². The molecule has 5 heteroatoms. The second-order valence-electron chi connectivity index (χ2n) is 8.67. The number of Topliss-reactive ketones (excluding diaryl/α,β-unsaturated/α-hetero) is 1. The van der Waals surface area contributed by atoms with Crippen LogP contribution in [0.5, 0.6) is 0 Å². The summed E-state index contributed by atoms with van der Waals surface area (Å²) in [5.41, 5.74) is 3.79. The lowest BCUT2D eigenvalue weighted by Gasteiger charge is -2.19. The summed E-state index contributed by atoms with van der Waals surface area (Å²) in [6.07, 6.45) is 0.256. The highest BCUT2D eigenvalue weighted by atomic mass is 35.5. The number of rotatable bonds is 7. The summed E-state index contributed by atoms with van der Waals surface area (Å²) in [6, 6.07) is 22.0. The molecule has 0 aromatic heterocycles. The second-order valence-corrected chi connectivity index (χ2v) is 9.07. The molecule has 0 aliphatic heterocycles. The molecule has 0 saturated heterocycles. The van der Waals surface area contributed by atoms with Gasteiger partial charge in [0, 0.05) is 17.5 Å². The number of ketones is 1. The Hall–Kier alpha value is -3.37. The summed E-state index contributed by atoms with van der Waals surface area (Å²) in [7, 11) is 0. The predicted molar refractivity (Wildman–Crippen MR) is 131 cm³/mol. The molecule has 0 spiro atoms. The monoisotopic (exact) mass is 446 g/mol. The number of benzene rings is 3. The van der Waals surface area contributed by atoms with Crippen molar-refractivity contribution in [1.29, 1.82) is 0 Å². The first kappa shape index (κ1) is 23.3. The fourth-order valence-corrected chi connectivity index (χ4v) is 3.46. The number of halogens is 1. The van der Waals surface area contributed by atoms with Gasteiger partial charge in [-0.2, -0.15) is 0 Å². The Kier molecular flexibility index (Phi) is 7.16.